The first kappa shape index (κ1) is 24.3. The van der Waals surface area contributed by atoms with Crippen molar-refractivity contribution in [2.45, 2.75) is 19.5 Å². The molecule has 1 N–H and O–H groups in total. The van der Waals surface area contributed by atoms with Crippen LogP contribution in [0.25, 0.3) is 0 Å². The molecule has 0 saturated heterocycles. The van der Waals surface area contributed by atoms with E-state index in [1.807, 2.05) is 10.8 Å². The summed E-state index contributed by atoms with van der Waals surface area (Å²) in [6.07, 6.45) is 7.53. The van der Waals surface area contributed by atoms with Crippen LogP contribution < -0.4 is 10.2 Å². The molecule has 0 atom stereocenters. The molecule has 2 aromatic heterocycles. The summed E-state index contributed by atoms with van der Waals surface area (Å²) in [5, 5.41) is 3.26. The number of nitrogens with one attached hydrogen (secondary N) is 1. The molecule has 11 heteroatoms. The first-order valence-corrected chi connectivity index (χ1v) is 11.3. The van der Waals surface area contributed by atoms with E-state index in [4.69, 9.17) is 4.74 Å². The number of anilines is 1. The predicted octanol–water partition coefficient (Wildman–Crippen LogP) is 3.00. The first-order valence-electron chi connectivity index (χ1n) is 10.4. The minimum atomic E-state index is -0.352. The van der Waals surface area contributed by atoms with Gasteiger partial charge < -0.3 is 19.5 Å². The maximum Gasteiger partial charge on any atom is 0.326 e. The molecule has 176 valence electrons. The Balaban J connectivity index is 1.67. The fraction of sp³-hybridized carbons (Fsp3) is 0.364. The number of hydrogen-bond donors (Lipinski definition) is 1. The van der Waals surface area contributed by atoms with Gasteiger partial charge in [0.15, 0.2) is 5.13 Å². The summed E-state index contributed by atoms with van der Waals surface area (Å²) in [7, 11) is 3.23. The Morgan fingerprint density at radius 1 is 1.27 bits per heavy atom. The maximum atomic E-state index is 13.3. The van der Waals surface area contributed by atoms with Crippen molar-refractivity contribution in [2.75, 3.05) is 38.8 Å². The second-order valence-electron chi connectivity index (χ2n) is 7.33. The Hall–Kier alpha value is -3.31. The molecule has 0 aliphatic carbocycles. The van der Waals surface area contributed by atoms with E-state index in [1.54, 1.807) is 38.8 Å². The molecule has 3 rings (SSSR count). The van der Waals surface area contributed by atoms with Crippen LogP contribution >= 0.6 is 11.3 Å². The van der Waals surface area contributed by atoms with E-state index in [9.17, 15) is 14.0 Å². The number of ether oxygens (including phenoxy) is 1. The number of imidazole rings is 1. The zero-order chi connectivity index (χ0) is 23.6. The summed E-state index contributed by atoms with van der Waals surface area (Å²) in [6, 6.07) is 5.63. The highest BCUT2D eigenvalue weighted by Crippen LogP contribution is 2.25. The molecule has 0 bridgehead atoms. The van der Waals surface area contributed by atoms with Crippen molar-refractivity contribution >= 4 is 28.4 Å². The number of carbonyl (C=O) groups excluding carboxylic acids is 2. The van der Waals surface area contributed by atoms with Crippen LogP contribution in [0.5, 0.6) is 0 Å². The minimum Gasteiger partial charge on any atom is -0.383 e. The Kier molecular flexibility index (Phi) is 8.90. The van der Waals surface area contributed by atoms with E-state index in [-0.39, 0.29) is 24.3 Å². The number of likely N-dealkylation sites (N-methyl/N-ethyl adjacent to an activating group) is 1. The van der Waals surface area contributed by atoms with E-state index in [0.717, 1.165) is 29.9 Å². The largest absolute Gasteiger partial charge is 0.383 e. The Labute approximate surface area is 195 Å². The highest BCUT2D eigenvalue weighted by Gasteiger charge is 2.24. The number of hydrogen-bond acceptors (Lipinski definition) is 6. The first-order chi connectivity index (χ1) is 16.0. The number of thiazole rings is 1. The molecule has 0 radical (unpaired) electrons. The monoisotopic (exact) mass is 474 g/mol. The summed E-state index contributed by atoms with van der Waals surface area (Å²) in [4.78, 5) is 37.4. The molecule has 0 spiro atoms. The van der Waals surface area contributed by atoms with E-state index in [1.165, 1.54) is 28.1 Å². The molecule has 0 fully saturated rings. The molecule has 3 aromatic rings. The van der Waals surface area contributed by atoms with Crippen molar-refractivity contribution in [1.29, 1.82) is 0 Å². The fourth-order valence-corrected chi connectivity index (χ4v) is 3.81. The molecular formula is C22H27FN6O3S. The van der Waals surface area contributed by atoms with Crippen molar-refractivity contribution in [3.05, 3.63) is 65.4 Å². The molecule has 0 aliphatic heterocycles. The van der Waals surface area contributed by atoms with Crippen molar-refractivity contribution in [3.8, 4) is 0 Å². The number of halogens is 1. The van der Waals surface area contributed by atoms with Crippen LogP contribution in [0, 0.1) is 5.82 Å². The number of aromatic nitrogens is 3. The lowest BCUT2D eigenvalue weighted by Gasteiger charge is -2.26. The third kappa shape index (κ3) is 7.09. The van der Waals surface area contributed by atoms with Crippen molar-refractivity contribution < 1.29 is 18.7 Å². The van der Waals surface area contributed by atoms with E-state index in [2.05, 4.69) is 15.3 Å². The zero-order valence-electron chi connectivity index (χ0n) is 18.6. The van der Waals surface area contributed by atoms with Crippen LogP contribution in [0.3, 0.4) is 0 Å². The van der Waals surface area contributed by atoms with Crippen LogP contribution in [-0.4, -0.2) is 65.2 Å². The van der Waals surface area contributed by atoms with Gasteiger partial charge in [0.25, 0.3) is 5.91 Å². The molecule has 0 aliphatic rings. The van der Waals surface area contributed by atoms with Gasteiger partial charge in [-0.1, -0.05) is 23.5 Å². The second-order valence-corrected chi connectivity index (χ2v) is 8.34. The summed E-state index contributed by atoms with van der Waals surface area (Å²) < 4.78 is 20.3. The van der Waals surface area contributed by atoms with Gasteiger partial charge in [0.1, 0.15) is 10.7 Å². The third-order valence-corrected chi connectivity index (χ3v) is 5.85. The van der Waals surface area contributed by atoms with E-state index >= 15 is 0 Å². The summed E-state index contributed by atoms with van der Waals surface area (Å²) in [6.45, 7) is 2.22. The number of urea groups is 1. The second kappa shape index (κ2) is 12.1. The highest BCUT2D eigenvalue weighted by atomic mass is 32.1. The zero-order valence-corrected chi connectivity index (χ0v) is 19.4. The quantitative estimate of drug-likeness (QED) is 0.432. The summed E-state index contributed by atoms with van der Waals surface area (Å²) >= 11 is 1.13. The average molecular weight is 475 g/mol. The topological polar surface area (TPSA) is 92.6 Å². The van der Waals surface area contributed by atoms with Crippen molar-refractivity contribution in [3.63, 3.8) is 0 Å². The standard InChI is InChI=1S/C22H27FN6O3S/c1-27(12-13-32-2)22(31)29(15-17-4-6-18(23)7-5-17)21-26-14-19(33-21)20(30)25-8-3-10-28-11-9-24-16-28/h4-7,9,11,14,16H,3,8,10,12-13,15H2,1-2H3,(H,25,30). The molecule has 1 aromatic carbocycles. The van der Waals surface area contributed by atoms with Crippen LogP contribution in [0.2, 0.25) is 0 Å². The van der Waals surface area contributed by atoms with Crippen LogP contribution in [0.15, 0.2) is 49.2 Å². The number of carbonyl (C=O) groups is 2. The lowest BCUT2D eigenvalue weighted by molar-refractivity contribution is 0.0956. The minimum absolute atomic E-state index is 0.190. The maximum absolute atomic E-state index is 13.3. The van der Waals surface area contributed by atoms with E-state index in [0.29, 0.717) is 29.7 Å². The average Bonchev–Trinajstić information content (AvgIpc) is 3.52. The normalized spacial score (nSPS) is 10.8. The number of aryl methyl sites for hydroxylation is 1. The third-order valence-electron chi connectivity index (χ3n) is 4.83. The summed E-state index contributed by atoms with van der Waals surface area (Å²) in [5.41, 5.74) is 0.741. The predicted molar refractivity (Wildman–Crippen MR) is 124 cm³/mol. The van der Waals surface area contributed by atoms with Gasteiger partial charge in [-0.3, -0.25) is 9.69 Å². The van der Waals surface area contributed by atoms with Gasteiger partial charge in [-0.25, -0.2) is 19.2 Å². The number of amides is 3. The molecule has 9 nitrogen and oxygen atoms in total. The number of nitrogens with zero attached hydrogens (tertiary/aromatic N) is 5. The highest BCUT2D eigenvalue weighted by molar-refractivity contribution is 7.17. The van der Waals surface area contributed by atoms with Gasteiger partial charge in [-0.05, 0) is 24.1 Å². The molecule has 0 unspecified atom stereocenters. The smallest absolute Gasteiger partial charge is 0.326 e. The molecule has 2 heterocycles. The molecule has 33 heavy (non-hydrogen) atoms. The van der Waals surface area contributed by atoms with Crippen LogP contribution in [0.4, 0.5) is 14.3 Å². The number of benzene rings is 1. The summed E-state index contributed by atoms with van der Waals surface area (Å²) in [5.74, 6) is -0.596. The fourth-order valence-electron chi connectivity index (χ4n) is 2.98. The van der Waals surface area contributed by atoms with Crippen molar-refractivity contribution in [1.82, 2.24) is 24.8 Å². The number of methoxy groups -OCH3 is 1. The Morgan fingerprint density at radius 3 is 2.76 bits per heavy atom. The lowest BCUT2D eigenvalue weighted by atomic mass is 10.2. The Morgan fingerprint density at radius 2 is 2.06 bits per heavy atom. The molecule has 0 saturated carbocycles. The van der Waals surface area contributed by atoms with Gasteiger partial charge in [-0.2, -0.15) is 0 Å². The van der Waals surface area contributed by atoms with Crippen LogP contribution in [-0.2, 0) is 17.8 Å². The van der Waals surface area contributed by atoms with Crippen LogP contribution in [0.1, 0.15) is 21.7 Å². The van der Waals surface area contributed by atoms with E-state index < -0.39 is 0 Å². The lowest BCUT2D eigenvalue weighted by Crippen LogP contribution is -2.42. The number of rotatable bonds is 11. The van der Waals surface area contributed by atoms with Gasteiger partial charge >= 0.3 is 6.03 Å². The van der Waals surface area contributed by atoms with Gasteiger partial charge in [0, 0.05) is 46.2 Å². The van der Waals surface area contributed by atoms with Gasteiger partial charge in [-0.15, -0.1) is 0 Å². The SMILES string of the molecule is COCCN(C)C(=O)N(Cc1ccc(F)cc1)c1ncc(C(=O)NCCCn2ccnc2)s1. The van der Waals surface area contributed by atoms with Gasteiger partial charge in [0.2, 0.25) is 0 Å². The van der Waals surface area contributed by atoms with Gasteiger partial charge in [0.05, 0.1) is 25.7 Å². The molecule has 3 amide bonds. The molecular weight excluding hydrogens is 447 g/mol. The van der Waals surface area contributed by atoms with Crippen molar-refractivity contribution in [2.24, 2.45) is 0 Å². The Bertz CT molecular complexity index is 1030.